The van der Waals surface area contributed by atoms with E-state index in [9.17, 15) is 4.39 Å². The first-order valence-electron chi connectivity index (χ1n) is 6.44. The van der Waals surface area contributed by atoms with Gasteiger partial charge in [-0.1, -0.05) is 17.7 Å². The summed E-state index contributed by atoms with van der Waals surface area (Å²) < 4.78 is 19.2. The molecular formula is C16H15ClFNO. The Bertz CT molecular complexity index is 649. The number of hydrogen-bond donors (Lipinski definition) is 1. The number of ether oxygens (including phenoxy) is 1. The Kier molecular flexibility index (Phi) is 3.19. The van der Waals surface area contributed by atoms with Gasteiger partial charge < -0.3 is 10.1 Å². The third kappa shape index (κ3) is 2.39. The van der Waals surface area contributed by atoms with Crippen LogP contribution in [0, 0.1) is 5.82 Å². The molecule has 104 valence electrons. The number of hydrogen-bond acceptors (Lipinski definition) is 2. The summed E-state index contributed by atoms with van der Waals surface area (Å²) in [6.07, 6.45) is 0. The van der Waals surface area contributed by atoms with Crippen LogP contribution < -0.4 is 5.32 Å². The van der Waals surface area contributed by atoms with Gasteiger partial charge in [-0.2, -0.15) is 0 Å². The smallest absolute Gasteiger partial charge is 0.125 e. The fourth-order valence-electron chi connectivity index (χ4n) is 2.47. The fourth-order valence-corrected chi connectivity index (χ4v) is 2.69. The van der Waals surface area contributed by atoms with Crippen LogP contribution in [-0.4, -0.2) is 6.73 Å². The normalized spacial score (nSPS) is 16.4. The predicted octanol–water partition coefficient (Wildman–Crippen LogP) is 4.78. The molecule has 0 saturated heterocycles. The van der Waals surface area contributed by atoms with E-state index in [1.54, 1.807) is 6.07 Å². The largest absolute Gasteiger partial charge is 0.362 e. The molecule has 3 rings (SSSR count). The molecule has 0 amide bonds. The van der Waals surface area contributed by atoms with Crippen LogP contribution in [0.3, 0.4) is 0 Å². The quantitative estimate of drug-likeness (QED) is 0.816. The third-order valence-corrected chi connectivity index (χ3v) is 3.78. The summed E-state index contributed by atoms with van der Waals surface area (Å²) in [4.78, 5) is 0. The molecular weight excluding hydrogens is 277 g/mol. The highest BCUT2D eigenvalue weighted by molar-refractivity contribution is 6.30. The average Bonchev–Trinajstić information content (AvgIpc) is 2.37. The van der Waals surface area contributed by atoms with Crippen LogP contribution in [0.15, 0.2) is 36.4 Å². The lowest BCUT2D eigenvalue weighted by molar-refractivity contribution is -0.0178. The van der Waals surface area contributed by atoms with Crippen molar-refractivity contribution in [2.24, 2.45) is 0 Å². The van der Waals surface area contributed by atoms with E-state index in [1.807, 2.05) is 32.0 Å². The second-order valence-electron chi connectivity index (χ2n) is 5.39. The Morgan fingerprint density at radius 2 is 1.95 bits per heavy atom. The molecule has 2 aromatic carbocycles. The molecule has 0 bridgehead atoms. The van der Waals surface area contributed by atoms with E-state index >= 15 is 0 Å². The molecule has 2 aromatic rings. The minimum atomic E-state index is -0.367. The molecule has 4 heteroatoms. The maximum atomic E-state index is 13.5. The van der Waals surface area contributed by atoms with Crippen molar-refractivity contribution in [2.75, 3.05) is 12.0 Å². The van der Waals surface area contributed by atoms with Gasteiger partial charge in [0, 0.05) is 16.3 Å². The van der Waals surface area contributed by atoms with E-state index in [4.69, 9.17) is 16.3 Å². The van der Waals surface area contributed by atoms with Gasteiger partial charge >= 0.3 is 0 Å². The molecule has 2 nitrogen and oxygen atoms in total. The summed E-state index contributed by atoms with van der Waals surface area (Å²) in [5, 5.41) is 3.59. The lowest BCUT2D eigenvalue weighted by Gasteiger charge is -2.33. The zero-order valence-electron chi connectivity index (χ0n) is 11.3. The first kappa shape index (κ1) is 13.4. The van der Waals surface area contributed by atoms with E-state index in [2.05, 4.69) is 5.32 Å². The molecule has 0 unspecified atom stereocenters. The van der Waals surface area contributed by atoms with Crippen LogP contribution in [0.1, 0.15) is 19.4 Å². The van der Waals surface area contributed by atoms with Gasteiger partial charge in [0.05, 0.1) is 5.60 Å². The van der Waals surface area contributed by atoms with Crippen molar-refractivity contribution in [3.8, 4) is 11.1 Å². The molecule has 0 aromatic heterocycles. The highest BCUT2D eigenvalue weighted by Crippen LogP contribution is 2.37. The van der Waals surface area contributed by atoms with E-state index in [0.29, 0.717) is 11.8 Å². The molecule has 0 fully saturated rings. The monoisotopic (exact) mass is 291 g/mol. The summed E-state index contributed by atoms with van der Waals surface area (Å²) >= 11 is 5.92. The van der Waals surface area contributed by atoms with Gasteiger partial charge in [0.2, 0.25) is 0 Å². The molecule has 1 aliphatic rings. The predicted molar refractivity (Wildman–Crippen MR) is 79.4 cm³/mol. The summed E-state index contributed by atoms with van der Waals surface area (Å²) in [5.41, 5.74) is 3.42. The number of fused-ring (bicyclic) bond motifs is 1. The lowest BCUT2D eigenvalue weighted by Crippen LogP contribution is -2.31. The number of benzene rings is 2. The Morgan fingerprint density at radius 1 is 1.15 bits per heavy atom. The Morgan fingerprint density at radius 3 is 2.70 bits per heavy atom. The summed E-state index contributed by atoms with van der Waals surface area (Å²) in [5.74, 6) is -0.334. The number of anilines is 1. The topological polar surface area (TPSA) is 21.3 Å². The number of nitrogens with one attached hydrogen (secondary N) is 1. The molecule has 20 heavy (non-hydrogen) atoms. The molecule has 0 atom stereocenters. The maximum absolute atomic E-state index is 13.5. The first-order valence-corrected chi connectivity index (χ1v) is 6.82. The second-order valence-corrected chi connectivity index (χ2v) is 5.83. The average molecular weight is 292 g/mol. The molecule has 0 radical (unpaired) electrons. The van der Waals surface area contributed by atoms with Crippen LogP contribution in [0.5, 0.6) is 0 Å². The van der Waals surface area contributed by atoms with Crippen LogP contribution in [-0.2, 0) is 10.3 Å². The van der Waals surface area contributed by atoms with E-state index in [0.717, 1.165) is 22.4 Å². The zero-order chi connectivity index (χ0) is 14.3. The minimum Gasteiger partial charge on any atom is -0.362 e. The number of halogens is 2. The van der Waals surface area contributed by atoms with E-state index in [-0.39, 0.29) is 11.4 Å². The Balaban J connectivity index is 2.12. The molecule has 1 heterocycles. The van der Waals surface area contributed by atoms with Crippen molar-refractivity contribution in [2.45, 2.75) is 19.4 Å². The van der Waals surface area contributed by atoms with Crippen LogP contribution in [0.2, 0.25) is 5.02 Å². The maximum Gasteiger partial charge on any atom is 0.125 e. The highest BCUT2D eigenvalue weighted by Gasteiger charge is 2.28. The van der Waals surface area contributed by atoms with Crippen molar-refractivity contribution < 1.29 is 9.13 Å². The fraction of sp³-hybridized carbons (Fsp3) is 0.250. The summed E-state index contributed by atoms with van der Waals surface area (Å²) in [7, 11) is 0. The molecule has 0 saturated carbocycles. The SMILES string of the molecule is CC1(C)OCNc2ccc(-c3cc(F)cc(Cl)c3)cc21. The standard InChI is InChI=1S/C16H15ClFNO/c1-16(2)14-7-10(3-4-15(14)19-9-20-16)11-5-12(17)8-13(18)6-11/h3-8,19H,9H2,1-2H3. The van der Waals surface area contributed by atoms with Gasteiger partial charge in [0.1, 0.15) is 12.5 Å². The van der Waals surface area contributed by atoms with E-state index in [1.165, 1.54) is 12.1 Å². The van der Waals surface area contributed by atoms with E-state index < -0.39 is 0 Å². The van der Waals surface area contributed by atoms with Gasteiger partial charge in [-0.25, -0.2) is 4.39 Å². The first-order chi connectivity index (χ1) is 9.45. The van der Waals surface area contributed by atoms with Crippen molar-refractivity contribution in [3.63, 3.8) is 0 Å². The van der Waals surface area contributed by atoms with Crippen LogP contribution in [0.25, 0.3) is 11.1 Å². The van der Waals surface area contributed by atoms with Gasteiger partial charge in [-0.05, 0) is 55.3 Å². The molecule has 1 N–H and O–H groups in total. The summed E-state index contributed by atoms with van der Waals surface area (Å²) in [6, 6.07) is 10.5. The van der Waals surface area contributed by atoms with Gasteiger partial charge in [0.15, 0.2) is 0 Å². The van der Waals surface area contributed by atoms with Crippen molar-refractivity contribution in [1.82, 2.24) is 0 Å². The minimum absolute atomic E-state index is 0.334. The van der Waals surface area contributed by atoms with Crippen LogP contribution in [0.4, 0.5) is 10.1 Å². The molecule has 0 aliphatic carbocycles. The molecule has 0 spiro atoms. The number of rotatable bonds is 1. The zero-order valence-corrected chi connectivity index (χ0v) is 12.1. The van der Waals surface area contributed by atoms with Crippen LogP contribution >= 0.6 is 11.6 Å². The van der Waals surface area contributed by atoms with Crippen molar-refractivity contribution in [3.05, 3.63) is 52.8 Å². The van der Waals surface area contributed by atoms with Gasteiger partial charge in [-0.3, -0.25) is 0 Å². The third-order valence-electron chi connectivity index (χ3n) is 3.56. The van der Waals surface area contributed by atoms with Crippen molar-refractivity contribution >= 4 is 17.3 Å². The highest BCUT2D eigenvalue weighted by atomic mass is 35.5. The summed E-state index contributed by atoms with van der Waals surface area (Å²) in [6.45, 7) is 4.54. The second kappa shape index (κ2) is 4.76. The van der Waals surface area contributed by atoms with Gasteiger partial charge in [0.25, 0.3) is 0 Å². The van der Waals surface area contributed by atoms with Gasteiger partial charge in [-0.15, -0.1) is 0 Å². The Hall–Kier alpha value is -1.58. The lowest BCUT2D eigenvalue weighted by atomic mass is 9.91. The molecule has 1 aliphatic heterocycles. The van der Waals surface area contributed by atoms with Crippen molar-refractivity contribution in [1.29, 1.82) is 0 Å². The Labute approximate surface area is 122 Å².